The van der Waals surface area contributed by atoms with E-state index in [1.807, 2.05) is 0 Å². The van der Waals surface area contributed by atoms with Crippen LogP contribution in [0.3, 0.4) is 0 Å². The van der Waals surface area contributed by atoms with E-state index in [1.165, 1.54) is 0 Å². The van der Waals surface area contributed by atoms with Gasteiger partial charge in [-0.3, -0.25) is 4.39 Å². The fraction of sp³-hybridized carbons (Fsp3) is 0.800. The first-order chi connectivity index (χ1) is 9.33. The van der Waals surface area contributed by atoms with Crippen LogP contribution < -0.4 is 0 Å². The van der Waals surface area contributed by atoms with E-state index in [9.17, 15) is 43.9 Å². The molecule has 0 aromatic rings. The number of alkyl halides is 8. The van der Waals surface area contributed by atoms with E-state index in [2.05, 4.69) is 11.6 Å². The lowest BCUT2D eigenvalue weighted by Gasteiger charge is -2.34. The summed E-state index contributed by atoms with van der Waals surface area (Å²) in [6, 6.07) is 0. The van der Waals surface area contributed by atoms with Crippen molar-refractivity contribution in [3.8, 4) is 0 Å². The van der Waals surface area contributed by atoms with Crippen molar-refractivity contribution in [2.24, 2.45) is 0 Å². The smallest absolute Gasteiger partial charge is 0.251 e. The first-order valence-electron chi connectivity index (χ1n) is 5.37. The second-order valence-corrected chi connectivity index (χ2v) is 4.43. The normalized spacial score (nSPS) is 15.0. The van der Waals surface area contributed by atoms with Crippen LogP contribution in [0.25, 0.3) is 0 Å². The van der Waals surface area contributed by atoms with Crippen molar-refractivity contribution in [3.05, 3.63) is 11.1 Å². The molecule has 0 radical (unpaired) electrons. The number of rotatable bonds is 8. The first-order valence-corrected chi connectivity index (χ1v) is 5.75. The molecule has 0 N–H and O–H groups in total. The standard InChI is InChI=1S/C10H9ClF10/c11-5(7(14)15)6(13)9(18,19)10(20,21)8(16,17)3-1-2-4-12/h6H,1-4H2. The Morgan fingerprint density at radius 3 is 1.81 bits per heavy atom. The minimum atomic E-state index is -6.29. The maximum Gasteiger partial charge on any atom is 0.375 e. The number of halogens is 11. The zero-order valence-electron chi connectivity index (χ0n) is 10.1. The van der Waals surface area contributed by atoms with Crippen molar-refractivity contribution in [2.45, 2.75) is 43.2 Å². The molecule has 126 valence electrons. The van der Waals surface area contributed by atoms with Gasteiger partial charge >= 0.3 is 17.8 Å². The average molecular weight is 355 g/mol. The van der Waals surface area contributed by atoms with E-state index in [4.69, 9.17) is 0 Å². The van der Waals surface area contributed by atoms with Gasteiger partial charge in [-0.25, -0.2) is 4.39 Å². The van der Waals surface area contributed by atoms with E-state index in [0.29, 0.717) is 0 Å². The molecule has 0 amide bonds. The predicted octanol–water partition coefficient (Wildman–Crippen LogP) is 5.72. The summed E-state index contributed by atoms with van der Waals surface area (Å²) in [5.41, 5.74) is 0. The van der Waals surface area contributed by atoms with Crippen LogP contribution in [0.4, 0.5) is 43.9 Å². The van der Waals surface area contributed by atoms with Crippen molar-refractivity contribution in [2.75, 3.05) is 6.67 Å². The van der Waals surface area contributed by atoms with E-state index in [0.717, 1.165) is 0 Å². The highest BCUT2D eigenvalue weighted by atomic mass is 35.5. The highest BCUT2D eigenvalue weighted by Gasteiger charge is 2.74. The number of unbranched alkanes of at least 4 members (excludes halogenated alkanes) is 1. The Hall–Kier alpha value is -0.670. The van der Waals surface area contributed by atoms with Crippen molar-refractivity contribution >= 4 is 11.6 Å². The molecular formula is C10H9ClF10. The molecule has 0 aliphatic rings. The molecule has 0 aliphatic heterocycles. The summed E-state index contributed by atoms with van der Waals surface area (Å²) in [6.07, 6.45) is -11.1. The average Bonchev–Trinajstić information content (AvgIpc) is 2.36. The quantitative estimate of drug-likeness (QED) is 0.386. The molecule has 0 aromatic carbocycles. The summed E-state index contributed by atoms with van der Waals surface area (Å²) >= 11 is 4.38. The minimum absolute atomic E-state index is 0.601. The van der Waals surface area contributed by atoms with E-state index >= 15 is 0 Å². The largest absolute Gasteiger partial charge is 0.375 e. The van der Waals surface area contributed by atoms with E-state index < -0.39 is 61.0 Å². The van der Waals surface area contributed by atoms with Crippen LogP contribution in [0, 0.1) is 0 Å². The molecule has 0 saturated heterocycles. The predicted molar refractivity (Wildman–Crippen MR) is 54.7 cm³/mol. The van der Waals surface area contributed by atoms with Gasteiger partial charge in [-0.05, 0) is 12.8 Å². The second-order valence-electron chi connectivity index (χ2n) is 4.02. The summed E-state index contributed by atoms with van der Waals surface area (Å²) in [6.45, 7) is -1.15. The lowest BCUT2D eigenvalue weighted by atomic mass is 9.96. The lowest BCUT2D eigenvalue weighted by Crippen LogP contribution is -2.58. The summed E-state index contributed by atoms with van der Waals surface area (Å²) in [7, 11) is 0. The van der Waals surface area contributed by atoms with Gasteiger partial charge in [0.2, 0.25) is 6.17 Å². The van der Waals surface area contributed by atoms with Crippen molar-refractivity contribution in [1.29, 1.82) is 0 Å². The lowest BCUT2D eigenvalue weighted by molar-refractivity contribution is -0.322. The van der Waals surface area contributed by atoms with Gasteiger partial charge in [0.05, 0.1) is 6.67 Å². The van der Waals surface area contributed by atoms with Crippen LogP contribution in [0.2, 0.25) is 0 Å². The third-order valence-corrected chi connectivity index (χ3v) is 2.81. The fourth-order valence-corrected chi connectivity index (χ4v) is 1.39. The number of hydrogen-bond acceptors (Lipinski definition) is 0. The number of allylic oxidation sites excluding steroid dienone is 1. The van der Waals surface area contributed by atoms with Crippen molar-refractivity contribution in [3.63, 3.8) is 0 Å². The van der Waals surface area contributed by atoms with Gasteiger partial charge in [0, 0.05) is 6.42 Å². The van der Waals surface area contributed by atoms with Gasteiger partial charge in [-0.2, -0.15) is 35.1 Å². The first kappa shape index (κ1) is 20.3. The van der Waals surface area contributed by atoms with Crippen LogP contribution >= 0.6 is 11.6 Å². The SMILES string of the molecule is FCCCCC(F)(F)C(F)(F)C(F)(F)C(F)C(Cl)=C(F)F. The van der Waals surface area contributed by atoms with E-state index in [-0.39, 0.29) is 0 Å². The molecule has 0 rings (SSSR count). The fourth-order valence-electron chi connectivity index (χ4n) is 1.26. The van der Waals surface area contributed by atoms with Crippen molar-refractivity contribution < 1.29 is 43.9 Å². The third kappa shape index (κ3) is 4.17. The molecule has 1 atom stereocenters. The Kier molecular flexibility index (Phi) is 6.83. The Labute approximate surface area is 117 Å². The van der Waals surface area contributed by atoms with Gasteiger partial charge in [0.25, 0.3) is 6.08 Å². The molecule has 11 heteroatoms. The summed E-state index contributed by atoms with van der Waals surface area (Å²) in [4.78, 5) is 0. The van der Waals surface area contributed by atoms with Crippen LogP contribution in [-0.4, -0.2) is 30.6 Å². The highest BCUT2D eigenvalue weighted by molar-refractivity contribution is 6.30. The van der Waals surface area contributed by atoms with Gasteiger partial charge in [0.15, 0.2) is 0 Å². The minimum Gasteiger partial charge on any atom is -0.251 e. The van der Waals surface area contributed by atoms with Gasteiger partial charge < -0.3 is 0 Å². The Morgan fingerprint density at radius 2 is 1.43 bits per heavy atom. The van der Waals surface area contributed by atoms with Crippen LogP contribution in [0.15, 0.2) is 11.1 Å². The van der Waals surface area contributed by atoms with E-state index in [1.54, 1.807) is 0 Å². The molecule has 0 saturated carbocycles. The van der Waals surface area contributed by atoms with Gasteiger partial charge in [-0.1, -0.05) is 11.6 Å². The van der Waals surface area contributed by atoms with Crippen LogP contribution in [0.5, 0.6) is 0 Å². The molecular weight excluding hydrogens is 346 g/mol. The highest BCUT2D eigenvalue weighted by Crippen LogP contribution is 2.51. The molecule has 0 fully saturated rings. The monoisotopic (exact) mass is 354 g/mol. The Bertz CT molecular complexity index is 374. The zero-order chi connectivity index (χ0) is 17.1. The molecule has 0 nitrogen and oxygen atoms in total. The molecule has 0 aliphatic carbocycles. The second kappa shape index (κ2) is 7.06. The Balaban J connectivity index is 5.40. The molecule has 1 unspecified atom stereocenters. The summed E-state index contributed by atoms with van der Waals surface area (Å²) < 4.78 is 127. The Morgan fingerprint density at radius 1 is 0.952 bits per heavy atom. The zero-order valence-corrected chi connectivity index (χ0v) is 10.8. The number of hydrogen-bond donors (Lipinski definition) is 0. The maximum absolute atomic E-state index is 13.1. The molecule has 0 spiro atoms. The topological polar surface area (TPSA) is 0 Å². The van der Waals surface area contributed by atoms with Crippen LogP contribution in [0.1, 0.15) is 19.3 Å². The summed E-state index contributed by atoms with van der Waals surface area (Å²) in [5.74, 6) is -17.9. The molecule has 21 heavy (non-hydrogen) atoms. The summed E-state index contributed by atoms with van der Waals surface area (Å²) in [5, 5.41) is -2.58. The van der Waals surface area contributed by atoms with Crippen molar-refractivity contribution in [1.82, 2.24) is 0 Å². The third-order valence-electron chi connectivity index (χ3n) is 2.47. The van der Waals surface area contributed by atoms with Gasteiger partial charge in [0.1, 0.15) is 5.03 Å². The molecule has 0 heterocycles. The maximum atomic E-state index is 13.1. The van der Waals surface area contributed by atoms with Gasteiger partial charge in [-0.15, -0.1) is 0 Å². The van der Waals surface area contributed by atoms with Crippen LogP contribution in [-0.2, 0) is 0 Å². The molecule has 0 bridgehead atoms. The molecule has 0 aromatic heterocycles.